The van der Waals surface area contributed by atoms with Crippen LogP contribution in [0.25, 0.3) is 0 Å². The zero-order chi connectivity index (χ0) is 33.1. The second kappa shape index (κ2) is 15.0. The Labute approximate surface area is 276 Å². The van der Waals surface area contributed by atoms with Gasteiger partial charge in [-0.05, 0) is 87.8 Å². The molecule has 1 saturated carbocycles. The van der Waals surface area contributed by atoms with Crippen molar-refractivity contribution in [3.63, 3.8) is 0 Å². The van der Waals surface area contributed by atoms with Gasteiger partial charge in [0.2, 0.25) is 10.0 Å². The monoisotopic (exact) mass is 656 g/mol. The van der Waals surface area contributed by atoms with Crippen LogP contribution in [0.3, 0.4) is 0 Å². The Morgan fingerprint density at radius 3 is 2.46 bits per heavy atom. The summed E-state index contributed by atoms with van der Waals surface area (Å²) in [7, 11) is -3.59. The van der Waals surface area contributed by atoms with Gasteiger partial charge in [0.05, 0.1) is 36.9 Å². The molecule has 1 aliphatic carbocycles. The van der Waals surface area contributed by atoms with Crippen LogP contribution in [-0.4, -0.2) is 66.4 Å². The summed E-state index contributed by atoms with van der Waals surface area (Å²) in [6.07, 6.45) is 8.49. The molecule has 2 aliphatic heterocycles. The second-order valence-corrected chi connectivity index (χ2v) is 17.2. The van der Waals surface area contributed by atoms with Gasteiger partial charge in [-0.1, -0.05) is 45.4 Å². The Morgan fingerprint density at radius 1 is 1.07 bits per heavy atom. The normalized spacial score (nSPS) is 29.4. The maximum atomic E-state index is 13.9. The molecule has 4 bridgehead atoms. The predicted molar refractivity (Wildman–Crippen MR) is 182 cm³/mol. The van der Waals surface area contributed by atoms with Gasteiger partial charge in [-0.25, -0.2) is 18.4 Å². The lowest BCUT2D eigenvalue weighted by atomic mass is 9.86. The summed E-state index contributed by atoms with van der Waals surface area (Å²) < 4.78 is 43.3. The number of benzene rings is 1. The lowest BCUT2D eigenvalue weighted by Gasteiger charge is -2.40. The van der Waals surface area contributed by atoms with Crippen LogP contribution in [-0.2, 0) is 21.3 Å². The number of hydrogen-bond acceptors (Lipinski definition) is 9. The Bertz CT molecular complexity index is 1380. The minimum Gasteiger partial charge on any atom is -0.488 e. The molecule has 3 heterocycles. The van der Waals surface area contributed by atoms with Crippen molar-refractivity contribution in [3.8, 4) is 5.75 Å². The van der Waals surface area contributed by atoms with Crippen LogP contribution in [0.4, 0.5) is 0 Å². The minimum absolute atomic E-state index is 0.0510. The number of ether oxygens (including phenoxy) is 2. The first-order valence-electron chi connectivity index (χ1n) is 17.2. The highest BCUT2D eigenvalue weighted by Gasteiger charge is 2.39. The van der Waals surface area contributed by atoms with Gasteiger partial charge >= 0.3 is 0 Å². The number of nitrogens with one attached hydrogen (secondary N) is 3. The largest absolute Gasteiger partial charge is 0.488 e. The van der Waals surface area contributed by atoms with E-state index in [-0.39, 0.29) is 35.7 Å². The first kappa shape index (κ1) is 35.2. The number of nitrogens with zero attached hydrogens (tertiary/aromatic N) is 3. The molecule has 2 saturated heterocycles. The fraction of sp³-hybridized carbons (Fsp3) is 0.714. The molecule has 3 fully saturated rings. The molecule has 256 valence electrons. The highest BCUT2D eigenvalue weighted by Crippen LogP contribution is 2.33. The summed E-state index contributed by atoms with van der Waals surface area (Å²) in [5.41, 5.74) is 3.74. The maximum Gasteiger partial charge on any atom is 0.216 e. The molecule has 5 unspecified atom stereocenters. The molecule has 0 spiro atoms. The molecule has 6 atom stereocenters. The van der Waals surface area contributed by atoms with E-state index >= 15 is 0 Å². The molecule has 3 N–H and O–H groups in total. The lowest BCUT2D eigenvalue weighted by molar-refractivity contribution is -0.0482. The molecular weight excluding hydrogens is 600 g/mol. The number of hydrogen-bond donors (Lipinski definition) is 3. The molecule has 46 heavy (non-hydrogen) atoms. The van der Waals surface area contributed by atoms with Gasteiger partial charge in [-0.2, -0.15) is 4.72 Å². The number of fused-ring (bicyclic) bond motifs is 4. The van der Waals surface area contributed by atoms with E-state index in [9.17, 15) is 8.42 Å². The van der Waals surface area contributed by atoms with Crippen LogP contribution in [0, 0.1) is 25.2 Å². The Balaban J connectivity index is 1.47. The van der Waals surface area contributed by atoms with Crippen molar-refractivity contribution in [2.75, 3.05) is 13.2 Å². The van der Waals surface area contributed by atoms with Gasteiger partial charge in [0.1, 0.15) is 18.3 Å². The smallest absolute Gasteiger partial charge is 0.216 e. The molecule has 1 aromatic carbocycles. The average molecular weight is 657 g/mol. The van der Waals surface area contributed by atoms with Crippen LogP contribution >= 0.6 is 0 Å². The third kappa shape index (κ3) is 9.48. The summed E-state index contributed by atoms with van der Waals surface area (Å²) in [6, 6.07) is 6.37. The minimum atomic E-state index is -3.59. The topological polar surface area (TPSA) is 118 Å². The van der Waals surface area contributed by atoms with Crippen molar-refractivity contribution in [1.82, 2.24) is 30.2 Å². The highest BCUT2D eigenvalue weighted by molar-refractivity contribution is 7.90. The van der Waals surface area contributed by atoms with Crippen LogP contribution in [0.1, 0.15) is 108 Å². The van der Waals surface area contributed by atoms with Crippen LogP contribution in [0.5, 0.6) is 5.75 Å². The van der Waals surface area contributed by atoms with E-state index in [1.807, 2.05) is 13.8 Å². The van der Waals surface area contributed by atoms with Gasteiger partial charge in [0.25, 0.3) is 0 Å². The van der Waals surface area contributed by atoms with Crippen LogP contribution in [0.15, 0.2) is 30.6 Å². The van der Waals surface area contributed by atoms with Gasteiger partial charge in [-0.15, -0.1) is 0 Å². The first-order valence-corrected chi connectivity index (χ1v) is 18.7. The van der Waals surface area contributed by atoms with E-state index < -0.39 is 21.6 Å². The highest BCUT2D eigenvalue weighted by atomic mass is 32.2. The standard InChI is InChI=1S/C35H56N6O4S/c1-23(2)45-28-18-36-31(37-19-28)21-41-20-26-12-9-13-29(16-26)46(42,43)40-34-38-30(33-24(3)10-8-11-25(33)4)17-32(39-34)44-22-27(41)14-15-35(5,6)7/h8,10-11,18-19,23,26-27,29-30,32,34,38-40H,9,12-17,20-22H2,1-7H3/t26?,27-,29?,30?,32?,34?/m1/s1. The van der Waals surface area contributed by atoms with Gasteiger partial charge < -0.3 is 9.47 Å². The number of sulfonamides is 1. The molecule has 3 aliphatic rings. The zero-order valence-corrected chi connectivity index (χ0v) is 29.7. The van der Waals surface area contributed by atoms with Crippen LogP contribution in [0.2, 0.25) is 0 Å². The fourth-order valence-electron chi connectivity index (χ4n) is 7.31. The van der Waals surface area contributed by atoms with E-state index in [4.69, 9.17) is 9.47 Å². The van der Waals surface area contributed by atoms with Gasteiger partial charge in [0, 0.05) is 25.0 Å². The Hall–Kier alpha value is -2.15. The Morgan fingerprint density at radius 2 is 1.78 bits per heavy atom. The molecule has 2 aromatic rings. The summed E-state index contributed by atoms with van der Waals surface area (Å²) in [4.78, 5) is 11.8. The summed E-state index contributed by atoms with van der Waals surface area (Å²) in [5.74, 6) is 1.64. The van der Waals surface area contributed by atoms with Crippen molar-refractivity contribution >= 4 is 10.0 Å². The third-order valence-electron chi connectivity index (χ3n) is 9.64. The molecule has 10 nitrogen and oxygen atoms in total. The second-order valence-electron chi connectivity index (χ2n) is 15.2. The first-order chi connectivity index (χ1) is 21.8. The summed E-state index contributed by atoms with van der Waals surface area (Å²) >= 11 is 0. The van der Waals surface area contributed by atoms with Gasteiger partial charge in [-0.3, -0.25) is 15.5 Å². The fourth-order valence-corrected chi connectivity index (χ4v) is 8.97. The number of aryl methyl sites for hydroxylation is 2. The SMILES string of the molecule is Cc1cccc(C)c1C1CC2NC(N1)NS(=O)(=O)C1CCCC(C1)CN(Cc1ncc(OC(C)C)cn1)[C@H](CCC(C)(C)C)CO2. The predicted octanol–water partition coefficient (Wildman–Crippen LogP) is 5.32. The van der Waals surface area contributed by atoms with Gasteiger partial charge in [0.15, 0.2) is 5.75 Å². The molecule has 5 rings (SSSR count). The van der Waals surface area contributed by atoms with Crippen molar-refractivity contribution in [3.05, 3.63) is 53.1 Å². The Kier molecular flexibility index (Phi) is 11.4. The van der Waals surface area contributed by atoms with Crippen molar-refractivity contribution in [2.24, 2.45) is 11.3 Å². The third-order valence-corrected chi connectivity index (χ3v) is 11.5. The molecule has 11 heteroatoms. The van der Waals surface area contributed by atoms with E-state index in [1.54, 1.807) is 12.4 Å². The molecule has 0 radical (unpaired) electrons. The quantitative estimate of drug-likeness (QED) is 0.364. The zero-order valence-electron chi connectivity index (χ0n) is 28.9. The van der Waals surface area contributed by atoms with Crippen molar-refractivity contribution in [1.29, 1.82) is 0 Å². The molecular formula is C35H56N6O4S. The molecule has 0 amide bonds. The summed E-state index contributed by atoms with van der Waals surface area (Å²) in [6.45, 7) is 16.9. The van der Waals surface area contributed by atoms with E-state index in [0.29, 0.717) is 38.2 Å². The molecule has 1 aromatic heterocycles. The van der Waals surface area contributed by atoms with E-state index in [0.717, 1.165) is 38.1 Å². The van der Waals surface area contributed by atoms with E-state index in [2.05, 4.69) is 83.0 Å². The van der Waals surface area contributed by atoms with Crippen molar-refractivity contribution in [2.45, 2.75) is 136 Å². The van der Waals surface area contributed by atoms with Crippen LogP contribution < -0.4 is 20.1 Å². The summed E-state index contributed by atoms with van der Waals surface area (Å²) in [5, 5.41) is 6.60. The van der Waals surface area contributed by atoms with E-state index in [1.165, 1.54) is 16.7 Å². The number of aromatic nitrogens is 2. The maximum absolute atomic E-state index is 13.9. The average Bonchev–Trinajstić information content (AvgIpc) is 2.97. The van der Waals surface area contributed by atoms with Crippen molar-refractivity contribution < 1.29 is 17.9 Å². The number of rotatable bonds is 7. The lowest BCUT2D eigenvalue weighted by Crippen LogP contribution is -2.64.